The Hall–Kier alpha value is -3.70. The Morgan fingerprint density at radius 1 is 1.00 bits per heavy atom. The fourth-order valence-corrected chi connectivity index (χ4v) is 6.54. The van der Waals surface area contributed by atoms with E-state index in [0.29, 0.717) is 42.7 Å². The number of amidine groups is 2. The topological polar surface area (TPSA) is 107 Å². The van der Waals surface area contributed by atoms with Crippen molar-refractivity contribution in [3.63, 3.8) is 0 Å². The van der Waals surface area contributed by atoms with Crippen LogP contribution in [0.1, 0.15) is 31.2 Å². The van der Waals surface area contributed by atoms with E-state index in [-0.39, 0.29) is 36.0 Å². The second kappa shape index (κ2) is 12.4. The van der Waals surface area contributed by atoms with Crippen LogP contribution in [0.4, 0.5) is 11.4 Å². The molecule has 4 aliphatic rings. The van der Waals surface area contributed by atoms with Gasteiger partial charge in [-0.05, 0) is 43.5 Å². The summed E-state index contributed by atoms with van der Waals surface area (Å²) in [4.78, 5) is 54.1. The van der Waals surface area contributed by atoms with Crippen LogP contribution in [0.15, 0.2) is 64.6 Å². The van der Waals surface area contributed by atoms with E-state index in [1.165, 1.54) is 11.8 Å². The summed E-state index contributed by atoms with van der Waals surface area (Å²) in [5.41, 5.74) is 2.65. The van der Waals surface area contributed by atoms with Crippen molar-refractivity contribution in [2.75, 3.05) is 50.0 Å². The second-order valence-electron chi connectivity index (χ2n) is 10.5. The predicted octanol–water partition coefficient (Wildman–Crippen LogP) is 2.80. The minimum Gasteiger partial charge on any atom is -0.376 e. The maximum atomic E-state index is 13.2. The molecule has 1 N–H and O–H groups in total. The van der Waals surface area contributed by atoms with Gasteiger partial charge in [-0.25, -0.2) is 4.99 Å². The van der Waals surface area contributed by atoms with Gasteiger partial charge in [0.25, 0.3) is 5.91 Å². The van der Waals surface area contributed by atoms with Crippen molar-refractivity contribution < 1.29 is 19.1 Å². The van der Waals surface area contributed by atoms with Gasteiger partial charge in [-0.1, -0.05) is 42.1 Å². The fraction of sp³-hybridized carbons (Fsp3) is 0.433. The van der Waals surface area contributed by atoms with Crippen molar-refractivity contribution in [3.8, 4) is 0 Å². The number of nitrogens with zero attached hydrogens (tertiary/aromatic N) is 5. The highest BCUT2D eigenvalue weighted by molar-refractivity contribution is 8.14. The van der Waals surface area contributed by atoms with Crippen LogP contribution in [0.3, 0.4) is 0 Å². The summed E-state index contributed by atoms with van der Waals surface area (Å²) in [5, 5.41) is 3.49. The number of para-hydroxylation sites is 2. The third-order valence-corrected chi connectivity index (χ3v) is 8.83. The number of carbonyl (C=O) groups is 3. The molecule has 2 atom stereocenters. The molecule has 41 heavy (non-hydrogen) atoms. The quantitative estimate of drug-likeness (QED) is 0.517. The van der Waals surface area contributed by atoms with E-state index < -0.39 is 6.04 Å². The molecule has 2 saturated heterocycles. The number of amides is 3. The Kier molecular flexibility index (Phi) is 8.33. The molecule has 0 aromatic heterocycles. The number of aliphatic imine (C=N–C) groups is 2. The normalized spacial score (nSPS) is 21.8. The first-order valence-corrected chi connectivity index (χ1v) is 15.2. The van der Waals surface area contributed by atoms with Gasteiger partial charge in [0.05, 0.1) is 17.5 Å². The number of ether oxygens (including phenoxy) is 1. The smallest absolute Gasteiger partial charge is 0.270 e. The summed E-state index contributed by atoms with van der Waals surface area (Å²) >= 11 is 1.28. The summed E-state index contributed by atoms with van der Waals surface area (Å²) in [6.45, 7) is 4.08. The third kappa shape index (κ3) is 6.15. The van der Waals surface area contributed by atoms with Crippen LogP contribution in [0.2, 0.25) is 0 Å². The van der Waals surface area contributed by atoms with Crippen LogP contribution in [-0.2, 0) is 19.1 Å². The van der Waals surface area contributed by atoms with Crippen LogP contribution < -0.4 is 10.2 Å². The first kappa shape index (κ1) is 27.5. The van der Waals surface area contributed by atoms with Crippen LogP contribution in [-0.4, -0.2) is 95.8 Å². The summed E-state index contributed by atoms with van der Waals surface area (Å²) < 4.78 is 5.59. The standard InChI is InChI=1S/C30H34N6O4S/c37-26(31-19-22-9-6-18-40-22)20-41-30-32-24-11-5-4-10-23(24)28-33-29(39)25(36(28)30)12-13-27(38)35-16-14-34(15-17-35)21-7-2-1-3-8-21/h1-5,7-8,10-11,22,25H,6,9,12-20H2,(H,31,37). The highest BCUT2D eigenvalue weighted by Crippen LogP contribution is 2.35. The van der Waals surface area contributed by atoms with E-state index in [9.17, 15) is 14.4 Å². The lowest BCUT2D eigenvalue weighted by molar-refractivity contribution is -0.132. The molecular weight excluding hydrogens is 540 g/mol. The van der Waals surface area contributed by atoms with Crippen LogP contribution in [0.5, 0.6) is 0 Å². The molecule has 2 aromatic rings. The van der Waals surface area contributed by atoms with Crippen LogP contribution in [0, 0.1) is 0 Å². The maximum Gasteiger partial charge on any atom is 0.270 e. The number of anilines is 1. The molecule has 2 aromatic carbocycles. The Bertz CT molecular complexity index is 1350. The molecule has 4 aliphatic heterocycles. The maximum absolute atomic E-state index is 13.2. The lowest BCUT2D eigenvalue weighted by atomic mass is 10.1. The van der Waals surface area contributed by atoms with E-state index in [0.717, 1.165) is 43.8 Å². The van der Waals surface area contributed by atoms with E-state index >= 15 is 0 Å². The van der Waals surface area contributed by atoms with Crippen molar-refractivity contribution >= 4 is 51.9 Å². The average Bonchev–Trinajstić information content (AvgIpc) is 3.66. The molecule has 4 heterocycles. The van der Waals surface area contributed by atoms with E-state index in [1.54, 1.807) is 0 Å². The largest absolute Gasteiger partial charge is 0.376 e. The molecule has 0 radical (unpaired) electrons. The molecule has 0 spiro atoms. The number of nitrogens with one attached hydrogen (secondary N) is 1. The predicted molar refractivity (Wildman–Crippen MR) is 160 cm³/mol. The number of fused-ring (bicyclic) bond motifs is 3. The molecule has 0 aliphatic carbocycles. The number of piperazine rings is 1. The monoisotopic (exact) mass is 574 g/mol. The molecule has 0 bridgehead atoms. The van der Waals surface area contributed by atoms with Gasteiger partial charge in [0.1, 0.15) is 11.9 Å². The molecular formula is C30H34N6O4S. The third-order valence-electron chi connectivity index (χ3n) is 7.88. The molecule has 0 saturated carbocycles. The fourth-order valence-electron chi connectivity index (χ4n) is 5.66. The van der Waals surface area contributed by atoms with Gasteiger partial charge in [0.15, 0.2) is 5.17 Å². The van der Waals surface area contributed by atoms with E-state index in [4.69, 9.17) is 9.73 Å². The number of hydrogen-bond acceptors (Lipinski definition) is 8. The van der Waals surface area contributed by atoms with E-state index in [2.05, 4.69) is 27.3 Å². The Balaban J connectivity index is 1.08. The van der Waals surface area contributed by atoms with Crippen LogP contribution >= 0.6 is 11.8 Å². The van der Waals surface area contributed by atoms with Gasteiger partial charge in [0, 0.05) is 57.0 Å². The van der Waals surface area contributed by atoms with Crippen molar-refractivity contribution in [2.45, 2.75) is 37.8 Å². The zero-order valence-corrected chi connectivity index (χ0v) is 23.7. The molecule has 214 valence electrons. The highest BCUT2D eigenvalue weighted by atomic mass is 32.2. The second-order valence-corrected chi connectivity index (χ2v) is 11.5. The average molecular weight is 575 g/mol. The van der Waals surface area contributed by atoms with E-state index in [1.807, 2.05) is 52.3 Å². The van der Waals surface area contributed by atoms with Gasteiger partial charge in [-0.3, -0.25) is 19.3 Å². The summed E-state index contributed by atoms with van der Waals surface area (Å²) in [7, 11) is 0. The Morgan fingerprint density at radius 2 is 1.78 bits per heavy atom. The minimum absolute atomic E-state index is 0.0380. The summed E-state index contributed by atoms with van der Waals surface area (Å²) in [6, 6.07) is 17.1. The van der Waals surface area contributed by atoms with Crippen molar-refractivity contribution in [1.29, 1.82) is 0 Å². The Labute approximate surface area is 243 Å². The first-order chi connectivity index (χ1) is 20.1. The molecule has 6 rings (SSSR count). The van der Waals surface area contributed by atoms with Gasteiger partial charge < -0.3 is 19.9 Å². The molecule has 2 fully saturated rings. The Morgan fingerprint density at radius 3 is 2.56 bits per heavy atom. The molecule has 3 amide bonds. The number of benzene rings is 2. The van der Waals surface area contributed by atoms with Gasteiger partial charge in [-0.15, -0.1) is 0 Å². The SMILES string of the molecule is O=C(CSC1=Nc2ccccc2C2=NC(=O)C(CCC(=O)N3CCN(c4ccccc4)CC3)N12)NCC1CCCO1. The number of carbonyl (C=O) groups excluding carboxylic acids is 3. The van der Waals surface area contributed by atoms with Crippen molar-refractivity contribution in [2.24, 2.45) is 9.98 Å². The van der Waals surface area contributed by atoms with Crippen molar-refractivity contribution in [3.05, 3.63) is 60.2 Å². The van der Waals surface area contributed by atoms with Gasteiger partial charge in [-0.2, -0.15) is 4.99 Å². The highest BCUT2D eigenvalue weighted by Gasteiger charge is 2.42. The summed E-state index contributed by atoms with van der Waals surface area (Å²) in [6.07, 6.45) is 2.61. The molecule has 10 nitrogen and oxygen atoms in total. The number of thioether (sulfide) groups is 1. The first-order valence-electron chi connectivity index (χ1n) is 14.3. The minimum atomic E-state index is -0.630. The lowest BCUT2D eigenvalue weighted by Crippen LogP contribution is -2.49. The van der Waals surface area contributed by atoms with Gasteiger partial charge in [0.2, 0.25) is 11.8 Å². The zero-order valence-electron chi connectivity index (χ0n) is 22.9. The molecule has 2 unspecified atom stereocenters. The van der Waals surface area contributed by atoms with Crippen molar-refractivity contribution in [1.82, 2.24) is 15.1 Å². The molecule has 11 heteroatoms. The lowest BCUT2D eigenvalue weighted by Gasteiger charge is -2.36. The zero-order chi connectivity index (χ0) is 28.2. The number of rotatable bonds is 8. The van der Waals surface area contributed by atoms with Gasteiger partial charge >= 0.3 is 0 Å². The van der Waals surface area contributed by atoms with Crippen LogP contribution in [0.25, 0.3) is 0 Å². The summed E-state index contributed by atoms with van der Waals surface area (Å²) in [5.74, 6) is 0.336. The number of hydrogen-bond donors (Lipinski definition) is 1.